The van der Waals surface area contributed by atoms with E-state index in [9.17, 15) is 13.2 Å². The number of alkyl halides is 3. The topological polar surface area (TPSA) is 0 Å². The molecule has 0 aliphatic carbocycles. The highest BCUT2D eigenvalue weighted by Gasteiger charge is 2.40. The Hall–Kier alpha value is -0.925. The van der Waals surface area contributed by atoms with Gasteiger partial charge in [0.2, 0.25) is 0 Å². The smallest absolute Gasteiger partial charge is 0.166 e. The largest absolute Gasteiger partial charge is 0.416 e. The Morgan fingerprint density at radius 2 is 1.65 bits per heavy atom. The first-order valence-corrected chi connectivity index (χ1v) is 7.49. The van der Waals surface area contributed by atoms with Crippen molar-refractivity contribution in [1.29, 1.82) is 0 Å². The van der Waals surface area contributed by atoms with E-state index in [0.717, 1.165) is 17.8 Å². The van der Waals surface area contributed by atoms with Gasteiger partial charge < -0.3 is 0 Å². The molecule has 0 atom stereocenters. The van der Waals surface area contributed by atoms with Crippen LogP contribution in [0.25, 0.3) is 0 Å². The Morgan fingerprint density at radius 3 is 2.20 bits per heavy atom. The maximum absolute atomic E-state index is 12.6. The normalized spacial score (nSPS) is 29.9. The first-order chi connectivity index (χ1) is 9.47. The lowest BCUT2D eigenvalue weighted by atomic mass is 9.35. The molecule has 2 saturated heterocycles. The van der Waals surface area contributed by atoms with E-state index in [2.05, 4.69) is 7.28 Å². The average Bonchev–Trinajstić information content (AvgIpc) is 2.38. The highest BCUT2D eigenvalue weighted by atomic mass is 19.4. The maximum Gasteiger partial charge on any atom is 0.416 e. The molecule has 0 N–H and O–H groups in total. The molecule has 0 amide bonds. The van der Waals surface area contributed by atoms with Gasteiger partial charge in [-0.25, -0.2) is 0 Å². The van der Waals surface area contributed by atoms with E-state index < -0.39 is 11.7 Å². The molecule has 3 rings (SSSR count). The number of hydrogen-bond acceptors (Lipinski definition) is 0. The van der Waals surface area contributed by atoms with Crippen LogP contribution >= 0.6 is 0 Å². The molecule has 0 unspecified atom stereocenters. The van der Waals surface area contributed by atoms with E-state index in [0.29, 0.717) is 0 Å². The zero-order valence-electron chi connectivity index (χ0n) is 11.5. The van der Waals surface area contributed by atoms with Crippen LogP contribution in [-0.4, -0.2) is 7.28 Å². The standard InChI is InChI=1S/C16H19BF3/c18-16(19,20)13-7-5-12(6-8-13)11-15-9-1-3-14(17-15)4-2-10-15/h5-8,14H,1-4,9-11H2. The van der Waals surface area contributed by atoms with Gasteiger partial charge in [0.15, 0.2) is 0 Å². The number of rotatable bonds is 2. The fourth-order valence-electron chi connectivity index (χ4n) is 3.99. The number of hydrogen-bond donors (Lipinski definition) is 0. The van der Waals surface area contributed by atoms with Gasteiger partial charge in [-0.15, -0.1) is 0 Å². The van der Waals surface area contributed by atoms with Crippen LogP contribution < -0.4 is 0 Å². The molecule has 1 aromatic rings. The molecule has 0 saturated carbocycles. The molecule has 4 heteroatoms. The zero-order valence-corrected chi connectivity index (χ0v) is 11.5. The van der Waals surface area contributed by atoms with Crippen LogP contribution in [0, 0.1) is 0 Å². The predicted octanol–water partition coefficient (Wildman–Crippen LogP) is 5.27. The van der Waals surface area contributed by atoms with E-state index in [4.69, 9.17) is 0 Å². The highest BCUT2D eigenvalue weighted by molar-refractivity contribution is 6.42. The van der Waals surface area contributed by atoms with Crippen molar-refractivity contribution in [3.63, 3.8) is 0 Å². The van der Waals surface area contributed by atoms with E-state index in [1.54, 1.807) is 12.1 Å². The molecule has 2 aliphatic heterocycles. The van der Waals surface area contributed by atoms with Gasteiger partial charge in [0, 0.05) is 0 Å². The maximum atomic E-state index is 12.6. The Bertz CT molecular complexity index is 454. The fraction of sp³-hybridized carbons (Fsp3) is 0.625. The van der Waals surface area contributed by atoms with Gasteiger partial charge >= 0.3 is 6.18 Å². The third-order valence-corrected chi connectivity index (χ3v) is 4.93. The average molecular weight is 279 g/mol. The van der Waals surface area contributed by atoms with Crippen molar-refractivity contribution in [2.45, 2.75) is 62.3 Å². The second-order valence-corrected chi connectivity index (χ2v) is 6.45. The van der Waals surface area contributed by atoms with Gasteiger partial charge in [0.1, 0.15) is 7.28 Å². The summed E-state index contributed by atoms with van der Waals surface area (Å²) in [5.74, 6) is 0.743. The summed E-state index contributed by atoms with van der Waals surface area (Å²) in [6.07, 6.45) is 4.20. The molecule has 1 radical (unpaired) electrons. The van der Waals surface area contributed by atoms with E-state index in [1.807, 2.05) is 0 Å². The zero-order chi connectivity index (χ0) is 14.2. The van der Waals surface area contributed by atoms with Gasteiger partial charge in [-0.2, -0.15) is 13.2 Å². The Kier molecular flexibility index (Phi) is 3.59. The minimum atomic E-state index is -4.23. The summed E-state index contributed by atoms with van der Waals surface area (Å²) < 4.78 is 37.7. The minimum absolute atomic E-state index is 0.251. The van der Waals surface area contributed by atoms with Gasteiger partial charge in [-0.3, -0.25) is 0 Å². The summed E-state index contributed by atoms with van der Waals surface area (Å²) in [7, 11) is 2.51. The molecule has 0 spiro atoms. The molecule has 1 aromatic carbocycles. The number of benzene rings is 1. The van der Waals surface area contributed by atoms with Crippen LogP contribution in [0.5, 0.6) is 0 Å². The number of fused-ring (bicyclic) bond motifs is 2. The van der Waals surface area contributed by atoms with Gasteiger partial charge in [0.25, 0.3) is 0 Å². The number of halogens is 3. The first-order valence-electron chi connectivity index (χ1n) is 7.49. The van der Waals surface area contributed by atoms with Crippen LogP contribution in [0.2, 0.25) is 11.1 Å². The van der Waals surface area contributed by atoms with Crippen LogP contribution in [0.3, 0.4) is 0 Å². The molecular formula is C16H19BF3. The summed E-state index contributed by atoms with van der Waals surface area (Å²) in [5, 5.41) is 0.251. The lowest BCUT2D eigenvalue weighted by Gasteiger charge is -2.45. The van der Waals surface area contributed by atoms with Crippen LogP contribution in [0.1, 0.15) is 49.7 Å². The fourth-order valence-corrected chi connectivity index (χ4v) is 3.99. The second kappa shape index (κ2) is 5.12. The van der Waals surface area contributed by atoms with Crippen LogP contribution in [-0.2, 0) is 12.6 Å². The van der Waals surface area contributed by atoms with Crippen molar-refractivity contribution >= 4 is 7.28 Å². The molecule has 0 aromatic heterocycles. The highest BCUT2D eigenvalue weighted by Crippen LogP contribution is 2.53. The summed E-state index contributed by atoms with van der Waals surface area (Å²) in [6.45, 7) is 0. The Labute approximate surface area is 119 Å². The molecule has 2 bridgehead atoms. The van der Waals surface area contributed by atoms with Crippen molar-refractivity contribution in [3.05, 3.63) is 35.4 Å². The lowest BCUT2D eigenvalue weighted by Crippen LogP contribution is -2.34. The van der Waals surface area contributed by atoms with E-state index >= 15 is 0 Å². The van der Waals surface area contributed by atoms with E-state index in [1.165, 1.54) is 50.7 Å². The molecule has 20 heavy (non-hydrogen) atoms. The SMILES string of the molecule is FC(F)(F)c1ccc(CC23[B]C(CCC2)CCC3)cc1. The second-order valence-electron chi connectivity index (χ2n) is 6.45. The summed E-state index contributed by atoms with van der Waals surface area (Å²) >= 11 is 0. The predicted molar refractivity (Wildman–Crippen MR) is 75.0 cm³/mol. The summed E-state index contributed by atoms with van der Waals surface area (Å²) in [5.41, 5.74) is 0.490. The van der Waals surface area contributed by atoms with Crippen molar-refractivity contribution < 1.29 is 13.2 Å². The molecular weight excluding hydrogens is 260 g/mol. The summed E-state index contributed by atoms with van der Waals surface area (Å²) in [4.78, 5) is 0. The van der Waals surface area contributed by atoms with Gasteiger partial charge in [-0.1, -0.05) is 61.8 Å². The summed E-state index contributed by atoms with van der Waals surface area (Å²) in [6, 6.07) is 5.75. The Morgan fingerprint density at radius 1 is 1.05 bits per heavy atom. The third-order valence-electron chi connectivity index (χ3n) is 4.93. The monoisotopic (exact) mass is 279 g/mol. The molecule has 2 aliphatic rings. The molecule has 0 nitrogen and oxygen atoms in total. The quantitative estimate of drug-likeness (QED) is 0.647. The van der Waals surface area contributed by atoms with Crippen LogP contribution in [0.4, 0.5) is 13.2 Å². The van der Waals surface area contributed by atoms with Gasteiger partial charge in [-0.05, 0) is 24.1 Å². The molecule has 107 valence electrons. The molecule has 2 fully saturated rings. The van der Waals surface area contributed by atoms with Crippen molar-refractivity contribution in [2.24, 2.45) is 0 Å². The van der Waals surface area contributed by atoms with Crippen molar-refractivity contribution in [1.82, 2.24) is 0 Å². The van der Waals surface area contributed by atoms with Gasteiger partial charge in [0.05, 0.1) is 5.56 Å². The minimum Gasteiger partial charge on any atom is -0.166 e. The van der Waals surface area contributed by atoms with E-state index in [-0.39, 0.29) is 5.31 Å². The third kappa shape index (κ3) is 2.89. The Balaban J connectivity index is 1.74. The first kappa shape index (κ1) is 14.0. The van der Waals surface area contributed by atoms with Crippen LogP contribution in [0.15, 0.2) is 24.3 Å². The lowest BCUT2D eigenvalue weighted by molar-refractivity contribution is -0.137. The molecule has 2 heterocycles. The van der Waals surface area contributed by atoms with Crippen molar-refractivity contribution in [3.8, 4) is 0 Å². The van der Waals surface area contributed by atoms with Crippen molar-refractivity contribution in [2.75, 3.05) is 0 Å².